The minimum Gasteiger partial charge on any atom is -0.478 e. The van der Waals surface area contributed by atoms with Gasteiger partial charge in [-0.15, -0.1) is 0 Å². The van der Waals surface area contributed by atoms with Crippen LogP contribution in [0.4, 0.5) is 5.69 Å². The van der Waals surface area contributed by atoms with Gasteiger partial charge in [-0.1, -0.05) is 17.7 Å². The first-order valence-electron chi connectivity index (χ1n) is 5.76. The highest BCUT2D eigenvalue weighted by Crippen LogP contribution is 2.24. The molecule has 1 aromatic rings. The first-order chi connectivity index (χ1) is 9.02. The van der Waals surface area contributed by atoms with Crippen LogP contribution in [0.2, 0.25) is 5.02 Å². The van der Waals surface area contributed by atoms with Crippen molar-refractivity contribution in [2.45, 2.75) is 19.4 Å². The van der Waals surface area contributed by atoms with E-state index in [0.717, 1.165) is 6.26 Å². The molecule has 0 bridgehead atoms. The van der Waals surface area contributed by atoms with Crippen LogP contribution in [-0.2, 0) is 10.0 Å². The van der Waals surface area contributed by atoms with Gasteiger partial charge in [0.2, 0.25) is 10.0 Å². The minimum atomic E-state index is -3.35. The zero-order chi connectivity index (χ0) is 15.6. The summed E-state index contributed by atoms with van der Waals surface area (Å²) in [7, 11) is -3.35. The van der Waals surface area contributed by atoms with Crippen molar-refractivity contribution in [1.29, 1.82) is 0 Å². The van der Waals surface area contributed by atoms with Crippen molar-refractivity contribution < 1.29 is 18.3 Å². The molecule has 3 N–H and O–H groups in total. The third kappa shape index (κ3) is 4.99. The first kappa shape index (κ1) is 16.7. The topological polar surface area (TPSA) is 95.5 Å². The Labute approximate surface area is 123 Å². The molecule has 0 saturated carbocycles. The first-order valence-corrected chi connectivity index (χ1v) is 8.03. The van der Waals surface area contributed by atoms with Gasteiger partial charge in [0.15, 0.2) is 0 Å². The Morgan fingerprint density at radius 1 is 1.40 bits per heavy atom. The van der Waals surface area contributed by atoms with Gasteiger partial charge in [0, 0.05) is 12.1 Å². The number of hydrogen-bond donors (Lipinski definition) is 3. The van der Waals surface area contributed by atoms with Gasteiger partial charge in [-0.3, -0.25) is 0 Å². The molecule has 8 heteroatoms. The van der Waals surface area contributed by atoms with E-state index in [9.17, 15) is 13.2 Å². The number of aromatic carboxylic acids is 1. The Balaban J connectivity index is 2.91. The average Bonchev–Trinajstić information content (AvgIpc) is 2.22. The van der Waals surface area contributed by atoms with Crippen molar-refractivity contribution in [2.75, 3.05) is 18.1 Å². The van der Waals surface area contributed by atoms with Crippen LogP contribution in [0.5, 0.6) is 0 Å². The van der Waals surface area contributed by atoms with Gasteiger partial charge in [0.05, 0.1) is 17.0 Å². The van der Waals surface area contributed by atoms with Crippen LogP contribution >= 0.6 is 11.6 Å². The maximum atomic E-state index is 11.2. The van der Waals surface area contributed by atoms with Crippen molar-refractivity contribution in [1.82, 2.24) is 4.72 Å². The predicted octanol–water partition coefficient (Wildman–Crippen LogP) is 1.78. The molecule has 0 atom stereocenters. The number of carboxylic acid groups (broad SMARTS) is 1. The molecule has 0 fully saturated rings. The van der Waals surface area contributed by atoms with Crippen LogP contribution in [0.3, 0.4) is 0 Å². The molecule has 0 unspecified atom stereocenters. The van der Waals surface area contributed by atoms with Crippen molar-refractivity contribution in [3.8, 4) is 0 Å². The number of anilines is 1. The number of carboxylic acids is 1. The van der Waals surface area contributed by atoms with E-state index in [4.69, 9.17) is 16.7 Å². The number of rotatable bonds is 6. The second-order valence-corrected chi connectivity index (χ2v) is 7.23. The second-order valence-electron chi connectivity index (χ2n) is 5.08. The SMILES string of the molecule is CC(C)(CNc1cccc(Cl)c1C(=O)O)NS(C)(=O)=O. The lowest BCUT2D eigenvalue weighted by Gasteiger charge is -2.26. The lowest BCUT2D eigenvalue weighted by Crippen LogP contribution is -2.47. The summed E-state index contributed by atoms with van der Waals surface area (Å²) in [4.78, 5) is 11.2. The third-order valence-corrected chi connectivity index (χ3v) is 3.65. The molecule has 20 heavy (non-hydrogen) atoms. The van der Waals surface area contributed by atoms with Gasteiger partial charge in [-0.2, -0.15) is 0 Å². The van der Waals surface area contributed by atoms with Crippen molar-refractivity contribution in [2.24, 2.45) is 0 Å². The van der Waals surface area contributed by atoms with E-state index in [-0.39, 0.29) is 17.1 Å². The fraction of sp³-hybridized carbons (Fsp3) is 0.417. The van der Waals surface area contributed by atoms with Gasteiger partial charge in [0.1, 0.15) is 5.56 Å². The van der Waals surface area contributed by atoms with Crippen LogP contribution in [0.25, 0.3) is 0 Å². The van der Waals surface area contributed by atoms with Crippen molar-refractivity contribution in [3.63, 3.8) is 0 Å². The van der Waals surface area contributed by atoms with E-state index in [2.05, 4.69) is 10.0 Å². The lowest BCUT2D eigenvalue weighted by atomic mass is 10.1. The zero-order valence-corrected chi connectivity index (χ0v) is 13.0. The summed E-state index contributed by atoms with van der Waals surface area (Å²) in [5.74, 6) is -1.15. The number of hydrogen-bond acceptors (Lipinski definition) is 4. The Hall–Kier alpha value is -1.31. The quantitative estimate of drug-likeness (QED) is 0.742. The fourth-order valence-electron chi connectivity index (χ4n) is 1.74. The van der Waals surface area contributed by atoms with E-state index in [1.54, 1.807) is 26.0 Å². The van der Waals surface area contributed by atoms with Gasteiger partial charge in [-0.05, 0) is 26.0 Å². The van der Waals surface area contributed by atoms with Gasteiger partial charge in [-0.25, -0.2) is 17.9 Å². The highest BCUT2D eigenvalue weighted by molar-refractivity contribution is 7.88. The number of halogens is 1. The molecule has 0 aliphatic rings. The molecular formula is C12H17ClN2O4S. The summed E-state index contributed by atoms with van der Waals surface area (Å²) >= 11 is 5.85. The number of nitrogens with one attached hydrogen (secondary N) is 2. The van der Waals surface area contributed by atoms with E-state index < -0.39 is 21.5 Å². The van der Waals surface area contributed by atoms with Gasteiger partial charge in [0.25, 0.3) is 0 Å². The molecular weight excluding hydrogens is 304 g/mol. The summed E-state index contributed by atoms with van der Waals surface area (Å²) in [6, 6.07) is 4.68. The Morgan fingerprint density at radius 3 is 2.50 bits per heavy atom. The highest BCUT2D eigenvalue weighted by atomic mass is 35.5. The monoisotopic (exact) mass is 320 g/mol. The van der Waals surface area contributed by atoms with Gasteiger partial charge >= 0.3 is 5.97 Å². The van der Waals surface area contributed by atoms with Crippen LogP contribution in [0.1, 0.15) is 24.2 Å². The summed E-state index contributed by atoms with van der Waals surface area (Å²) in [6.45, 7) is 3.58. The molecule has 0 amide bonds. The maximum absolute atomic E-state index is 11.2. The number of benzene rings is 1. The Morgan fingerprint density at radius 2 is 2.00 bits per heavy atom. The van der Waals surface area contributed by atoms with Crippen LogP contribution < -0.4 is 10.0 Å². The molecule has 1 rings (SSSR count). The smallest absolute Gasteiger partial charge is 0.339 e. The van der Waals surface area contributed by atoms with Crippen LogP contribution in [-0.4, -0.2) is 37.8 Å². The van der Waals surface area contributed by atoms with E-state index in [1.807, 2.05) is 0 Å². The van der Waals surface area contributed by atoms with Crippen LogP contribution in [0, 0.1) is 0 Å². The summed E-state index contributed by atoms with van der Waals surface area (Å²) in [6.07, 6.45) is 1.07. The van der Waals surface area contributed by atoms with Crippen molar-refractivity contribution in [3.05, 3.63) is 28.8 Å². The van der Waals surface area contributed by atoms with E-state index in [0.29, 0.717) is 5.69 Å². The molecule has 6 nitrogen and oxygen atoms in total. The third-order valence-electron chi connectivity index (χ3n) is 2.41. The number of sulfonamides is 1. The van der Waals surface area contributed by atoms with E-state index in [1.165, 1.54) is 6.07 Å². The average molecular weight is 321 g/mol. The normalized spacial score (nSPS) is 12.2. The Kier molecular flexibility index (Phi) is 5.01. The largest absolute Gasteiger partial charge is 0.478 e. The predicted molar refractivity (Wildman–Crippen MR) is 79.0 cm³/mol. The molecule has 0 aliphatic carbocycles. The number of carbonyl (C=O) groups is 1. The summed E-state index contributed by atoms with van der Waals surface area (Å²) in [5, 5.41) is 12.2. The van der Waals surface area contributed by atoms with Crippen molar-refractivity contribution >= 4 is 33.3 Å². The molecule has 0 radical (unpaired) electrons. The molecule has 0 aliphatic heterocycles. The highest BCUT2D eigenvalue weighted by Gasteiger charge is 2.23. The van der Waals surface area contributed by atoms with E-state index >= 15 is 0 Å². The zero-order valence-electron chi connectivity index (χ0n) is 11.4. The van der Waals surface area contributed by atoms with Crippen LogP contribution in [0.15, 0.2) is 18.2 Å². The Bertz CT molecular complexity index is 614. The molecule has 0 saturated heterocycles. The molecule has 1 aromatic carbocycles. The molecule has 0 spiro atoms. The summed E-state index contributed by atoms with van der Waals surface area (Å²) in [5.41, 5.74) is -0.469. The lowest BCUT2D eigenvalue weighted by molar-refractivity contribution is 0.0698. The van der Waals surface area contributed by atoms with Gasteiger partial charge < -0.3 is 10.4 Å². The second kappa shape index (κ2) is 5.99. The molecule has 112 valence electrons. The maximum Gasteiger partial charge on any atom is 0.339 e. The molecule has 0 aromatic heterocycles. The molecule has 0 heterocycles. The minimum absolute atomic E-state index is 0.0377. The standard InChI is InChI=1S/C12H17ClN2O4S/c1-12(2,15-20(3,18)19)7-14-9-6-4-5-8(13)10(9)11(16)17/h4-6,14-15H,7H2,1-3H3,(H,16,17). The fourth-order valence-corrected chi connectivity index (χ4v) is 3.07. The summed E-state index contributed by atoms with van der Waals surface area (Å²) < 4.78 is 24.9.